The summed E-state index contributed by atoms with van der Waals surface area (Å²) in [5, 5.41) is 8.36. The van der Waals surface area contributed by atoms with Crippen LogP contribution in [0.1, 0.15) is 45.4 Å². The maximum atomic E-state index is 10.2. The normalized spacial score (nSPS) is 11.9. The van der Waals surface area contributed by atoms with E-state index in [1.165, 1.54) is 30.9 Å². The van der Waals surface area contributed by atoms with Crippen LogP contribution in [-0.4, -0.2) is 11.1 Å². The highest BCUT2D eigenvalue weighted by Crippen LogP contribution is 2.10. The van der Waals surface area contributed by atoms with E-state index in [0.717, 1.165) is 19.3 Å². The van der Waals surface area contributed by atoms with E-state index in [0.29, 0.717) is 0 Å². The minimum Gasteiger partial charge on any atom is -0.478 e. The zero-order chi connectivity index (χ0) is 12.2. The number of hydrogen-bond donors (Lipinski definition) is 1. The second-order valence-corrected chi connectivity index (χ2v) is 3.94. The van der Waals surface area contributed by atoms with Gasteiger partial charge in [0.25, 0.3) is 0 Å². The van der Waals surface area contributed by atoms with Crippen LogP contribution in [0.5, 0.6) is 0 Å². The monoisotopic (exact) mass is 222 g/mol. The third-order valence-corrected chi connectivity index (χ3v) is 2.35. The molecule has 2 nitrogen and oxygen atoms in total. The van der Waals surface area contributed by atoms with E-state index in [2.05, 4.69) is 19.6 Å². The van der Waals surface area contributed by atoms with Gasteiger partial charge in [0.05, 0.1) is 0 Å². The van der Waals surface area contributed by atoms with Gasteiger partial charge in [0.1, 0.15) is 0 Å². The summed E-state index contributed by atoms with van der Waals surface area (Å²) in [7, 11) is 0. The van der Waals surface area contributed by atoms with Crippen LogP contribution in [0.4, 0.5) is 0 Å². The minimum atomic E-state index is -0.856. The van der Waals surface area contributed by atoms with Crippen LogP contribution >= 0.6 is 0 Å². The molecule has 0 heterocycles. The third kappa shape index (κ3) is 10.8. The van der Waals surface area contributed by atoms with Crippen molar-refractivity contribution < 1.29 is 9.90 Å². The molecule has 0 aliphatic rings. The molecule has 0 unspecified atom stereocenters. The molecule has 0 aromatic carbocycles. The predicted molar refractivity (Wildman–Crippen MR) is 68.4 cm³/mol. The van der Waals surface area contributed by atoms with E-state index >= 15 is 0 Å². The van der Waals surface area contributed by atoms with Crippen molar-refractivity contribution in [2.75, 3.05) is 0 Å². The van der Waals surface area contributed by atoms with Crippen molar-refractivity contribution >= 4 is 5.97 Å². The van der Waals surface area contributed by atoms with Gasteiger partial charge in [-0.05, 0) is 32.6 Å². The van der Waals surface area contributed by atoms with Crippen molar-refractivity contribution in [3.8, 4) is 0 Å². The number of carbonyl (C=O) groups is 1. The molecule has 0 aromatic rings. The fourth-order valence-corrected chi connectivity index (χ4v) is 1.49. The van der Waals surface area contributed by atoms with Gasteiger partial charge in [-0.25, -0.2) is 4.79 Å². The van der Waals surface area contributed by atoms with E-state index < -0.39 is 5.97 Å². The molecule has 2 heteroatoms. The summed E-state index contributed by atoms with van der Waals surface area (Å²) >= 11 is 0. The van der Waals surface area contributed by atoms with Gasteiger partial charge < -0.3 is 5.11 Å². The van der Waals surface area contributed by atoms with Crippen molar-refractivity contribution in [1.29, 1.82) is 0 Å². The number of allylic oxidation sites excluding steroid dienone is 4. The molecule has 0 radical (unpaired) electrons. The van der Waals surface area contributed by atoms with E-state index in [9.17, 15) is 4.79 Å². The van der Waals surface area contributed by atoms with Crippen molar-refractivity contribution in [2.24, 2.45) is 0 Å². The van der Waals surface area contributed by atoms with Gasteiger partial charge in [0.2, 0.25) is 0 Å². The van der Waals surface area contributed by atoms with Gasteiger partial charge in [0, 0.05) is 6.08 Å². The number of aliphatic carboxylic acids is 1. The molecule has 16 heavy (non-hydrogen) atoms. The molecular weight excluding hydrogens is 200 g/mol. The Labute approximate surface area is 98.4 Å². The summed E-state index contributed by atoms with van der Waals surface area (Å²) in [6.07, 6.45) is 13.5. The van der Waals surface area contributed by atoms with Crippen molar-refractivity contribution in [1.82, 2.24) is 0 Å². The largest absolute Gasteiger partial charge is 0.478 e. The van der Waals surface area contributed by atoms with Crippen LogP contribution in [0.2, 0.25) is 0 Å². The zero-order valence-corrected chi connectivity index (χ0v) is 10.1. The topological polar surface area (TPSA) is 37.3 Å². The first-order valence-electron chi connectivity index (χ1n) is 5.84. The summed E-state index contributed by atoms with van der Waals surface area (Å²) in [4.78, 5) is 10.2. The molecule has 0 bridgehead atoms. The molecular formula is C14H22O2. The maximum Gasteiger partial charge on any atom is 0.327 e. The quantitative estimate of drug-likeness (QED) is 0.362. The van der Waals surface area contributed by atoms with Crippen LogP contribution in [-0.2, 0) is 4.79 Å². The SMILES string of the molecule is C=C/C=C(\C)CCCCCC/C=C/C(=O)O. The predicted octanol–water partition coefficient (Wildman–Crippen LogP) is 4.10. The third-order valence-electron chi connectivity index (χ3n) is 2.35. The molecule has 0 rings (SSSR count). The fourth-order valence-electron chi connectivity index (χ4n) is 1.49. The van der Waals surface area contributed by atoms with E-state index in [4.69, 9.17) is 5.11 Å². The van der Waals surface area contributed by atoms with Crippen LogP contribution in [0.25, 0.3) is 0 Å². The van der Waals surface area contributed by atoms with Gasteiger partial charge >= 0.3 is 5.97 Å². The van der Waals surface area contributed by atoms with Gasteiger partial charge in [-0.2, -0.15) is 0 Å². The Morgan fingerprint density at radius 2 is 1.94 bits per heavy atom. The number of carboxylic acids is 1. The molecule has 0 aliphatic heterocycles. The average Bonchev–Trinajstić information content (AvgIpc) is 2.22. The lowest BCUT2D eigenvalue weighted by atomic mass is 10.1. The Balaban J connectivity index is 3.31. The second-order valence-electron chi connectivity index (χ2n) is 3.94. The first-order valence-corrected chi connectivity index (χ1v) is 5.84. The van der Waals surface area contributed by atoms with Crippen LogP contribution in [0, 0.1) is 0 Å². The molecule has 0 fully saturated rings. The molecule has 0 aromatic heterocycles. The lowest BCUT2D eigenvalue weighted by Gasteiger charge is -2.00. The maximum absolute atomic E-state index is 10.2. The molecule has 0 aliphatic carbocycles. The zero-order valence-electron chi connectivity index (χ0n) is 10.1. The summed E-state index contributed by atoms with van der Waals surface area (Å²) in [5.74, 6) is -0.856. The lowest BCUT2D eigenvalue weighted by molar-refractivity contribution is -0.131. The lowest BCUT2D eigenvalue weighted by Crippen LogP contribution is -1.85. The number of unbranched alkanes of at least 4 members (excludes halogenated alkanes) is 4. The van der Waals surface area contributed by atoms with Crippen molar-refractivity contribution in [3.63, 3.8) is 0 Å². The second kappa shape index (κ2) is 10.2. The Hall–Kier alpha value is -1.31. The van der Waals surface area contributed by atoms with Crippen LogP contribution in [0.3, 0.4) is 0 Å². The van der Waals surface area contributed by atoms with E-state index in [1.807, 2.05) is 6.08 Å². The summed E-state index contributed by atoms with van der Waals surface area (Å²) < 4.78 is 0. The molecule has 0 atom stereocenters. The van der Waals surface area contributed by atoms with Crippen molar-refractivity contribution in [3.05, 3.63) is 36.5 Å². The Morgan fingerprint density at radius 1 is 1.25 bits per heavy atom. The smallest absolute Gasteiger partial charge is 0.327 e. The molecule has 0 amide bonds. The summed E-state index contributed by atoms with van der Waals surface area (Å²) in [6.45, 7) is 5.78. The van der Waals surface area contributed by atoms with Gasteiger partial charge in [-0.3, -0.25) is 0 Å². The Bertz CT molecular complexity index is 262. The van der Waals surface area contributed by atoms with Gasteiger partial charge in [-0.1, -0.05) is 43.2 Å². The highest BCUT2D eigenvalue weighted by Gasteiger charge is 1.91. The number of rotatable bonds is 9. The number of carboxylic acid groups (broad SMARTS) is 1. The Kier molecular flexibility index (Phi) is 9.38. The molecule has 0 saturated carbocycles. The van der Waals surface area contributed by atoms with E-state index in [1.54, 1.807) is 6.08 Å². The highest BCUT2D eigenvalue weighted by atomic mass is 16.4. The van der Waals surface area contributed by atoms with Crippen LogP contribution < -0.4 is 0 Å². The minimum absolute atomic E-state index is 0.856. The molecule has 0 saturated heterocycles. The average molecular weight is 222 g/mol. The van der Waals surface area contributed by atoms with Crippen LogP contribution in [0.15, 0.2) is 36.5 Å². The molecule has 1 N–H and O–H groups in total. The molecule has 0 spiro atoms. The first kappa shape index (κ1) is 14.7. The standard InChI is InChI=1S/C14H22O2/c1-3-10-13(2)11-8-6-4-5-7-9-12-14(15)16/h3,9-10,12H,1,4-8,11H2,2H3,(H,15,16)/b12-9+,13-10+. The summed E-state index contributed by atoms with van der Waals surface area (Å²) in [6, 6.07) is 0. The number of hydrogen-bond acceptors (Lipinski definition) is 1. The molecule has 90 valence electrons. The van der Waals surface area contributed by atoms with Gasteiger partial charge in [-0.15, -0.1) is 0 Å². The van der Waals surface area contributed by atoms with Gasteiger partial charge in [0.15, 0.2) is 0 Å². The Morgan fingerprint density at radius 3 is 2.56 bits per heavy atom. The highest BCUT2D eigenvalue weighted by molar-refractivity contribution is 5.79. The first-order chi connectivity index (χ1) is 7.66. The van der Waals surface area contributed by atoms with Crippen molar-refractivity contribution in [2.45, 2.75) is 45.4 Å². The summed E-state index contributed by atoms with van der Waals surface area (Å²) in [5.41, 5.74) is 1.38. The fraction of sp³-hybridized carbons (Fsp3) is 0.500. The van der Waals surface area contributed by atoms with E-state index in [-0.39, 0.29) is 0 Å².